The molecule has 13 heavy (non-hydrogen) atoms. The van der Waals surface area contributed by atoms with Crippen LogP contribution < -0.4 is 5.73 Å². The van der Waals surface area contributed by atoms with E-state index in [0.717, 1.165) is 12.2 Å². The fourth-order valence-corrected chi connectivity index (χ4v) is 0.303. The van der Waals surface area contributed by atoms with Crippen LogP contribution in [0.5, 0.6) is 0 Å². The lowest BCUT2D eigenvalue weighted by molar-refractivity contribution is -0.150. The molecule has 6 nitrogen and oxygen atoms in total. The molecule has 1 aliphatic rings. The highest BCUT2D eigenvalue weighted by molar-refractivity contribution is 6.04. The zero-order chi connectivity index (χ0) is 10.4. The number of carboxylic acid groups (broad SMARTS) is 1. The summed E-state index contributed by atoms with van der Waals surface area (Å²) in [7, 11) is 0. The summed E-state index contributed by atoms with van der Waals surface area (Å²) in [6, 6.07) is -0.731. The van der Waals surface area contributed by atoms with Crippen molar-refractivity contribution in [2.24, 2.45) is 5.73 Å². The van der Waals surface area contributed by atoms with Crippen LogP contribution in [0, 0.1) is 0 Å². The lowest BCUT2D eigenvalue weighted by Crippen LogP contribution is -2.25. The van der Waals surface area contributed by atoms with Gasteiger partial charge in [-0.15, -0.1) is 0 Å². The average Bonchev–Trinajstić information content (AvgIpc) is 2.35. The van der Waals surface area contributed by atoms with Crippen molar-refractivity contribution in [3.05, 3.63) is 12.2 Å². The van der Waals surface area contributed by atoms with Gasteiger partial charge in [-0.3, -0.25) is 4.79 Å². The van der Waals surface area contributed by atoms with E-state index < -0.39 is 23.9 Å². The average molecular weight is 187 g/mol. The molecule has 0 aromatic carbocycles. The van der Waals surface area contributed by atoms with E-state index in [1.165, 1.54) is 6.92 Å². The van der Waals surface area contributed by atoms with Crippen LogP contribution in [0.25, 0.3) is 0 Å². The molecule has 1 heterocycles. The first-order valence-corrected chi connectivity index (χ1v) is 3.35. The number of carboxylic acids is 1. The van der Waals surface area contributed by atoms with E-state index in [1.807, 2.05) is 0 Å². The Kier molecular flexibility index (Phi) is 4.39. The van der Waals surface area contributed by atoms with Gasteiger partial charge in [-0.1, -0.05) is 0 Å². The summed E-state index contributed by atoms with van der Waals surface area (Å²) in [5, 5.41) is 7.87. The second-order valence-electron chi connectivity index (χ2n) is 2.20. The zero-order valence-corrected chi connectivity index (χ0v) is 6.89. The minimum Gasteiger partial charge on any atom is -0.480 e. The molecule has 0 radical (unpaired) electrons. The van der Waals surface area contributed by atoms with Gasteiger partial charge in [0.1, 0.15) is 6.04 Å². The number of rotatable bonds is 1. The molecular weight excluding hydrogens is 178 g/mol. The summed E-state index contributed by atoms with van der Waals surface area (Å²) in [4.78, 5) is 29.4. The molecule has 0 saturated carbocycles. The molecule has 1 unspecified atom stereocenters. The van der Waals surface area contributed by atoms with Crippen LogP contribution in [0.2, 0.25) is 0 Å². The van der Waals surface area contributed by atoms with Crippen LogP contribution in [0.15, 0.2) is 12.2 Å². The van der Waals surface area contributed by atoms with E-state index in [0.29, 0.717) is 0 Å². The van der Waals surface area contributed by atoms with E-state index >= 15 is 0 Å². The highest BCUT2D eigenvalue weighted by Crippen LogP contribution is 1.92. The maximum absolute atomic E-state index is 9.92. The van der Waals surface area contributed by atoms with Gasteiger partial charge in [0, 0.05) is 12.2 Å². The lowest BCUT2D eigenvalue weighted by Gasteiger charge is -1.90. The van der Waals surface area contributed by atoms with Crippen LogP contribution in [-0.2, 0) is 19.1 Å². The Labute approximate surface area is 74.0 Å². The zero-order valence-electron chi connectivity index (χ0n) is 6.89. The van der Waals surface area contributed by atoms with Crippen molar-refractivity contribution in [2.75, 3.05) is 0 Å². The van der Waals surface area contributed by atoms with Gasteiger partial charge in [-0.25, -0.2) is 9.59 Å². The van der Waals surface area contributed by atoms with E-state index in [1.54, 1.807) is 0 Å². The number of hydrogen-bond acceptors (Lipinski definition) is 5. The maximum atomic E-state index is 9.92. The molecule has 1 rings (SSSR count). The number of esters is 2. The third kappa shape index (κ3) is 5.57. The Morgan fingerprint density at radius 2 is 1.77 bits per heavy atom. The molecule has 0 saturated heterocycles. The molecule has 1 aliphatic heterocycles. The van der Waals surface area contributed by atoms with Gasteiger partial charge >= 0.3 is 17.9 Å². The van der Waals surface area contributed by atoms with Gasteiger partial charge in [0.2, 0.25) is 0 Å². The van der Waals surface area contributed by atoms with Crippen molar-refractivity contribution < 1.29 is 24.2 Å². The van der Waals surface area contributed by atoms with Crippen LogP contribution in [0.4, 0.5) is 0 Å². The minimum atomic E-state index is -0.963. The van der Waals surface area contributed by atoms with Crippen molar-refractivity contribution in [2.45, 2.75) is 13.0 Å². The number of ether oxygens (including phenoxy) is 1. The smallest absolute Gasteiger partial charge is 0.338 e. The molecular formula is C7H9NO5. The second-order valence-corrected chi connectivity index (χ2v) is 2.20. The summed E-state index contributed by atoms with van der Waals surface area (Å²) < 4.78 is 3.97. The minimum absolute atomic E-state index is 0.579. The number of cyclic esters (lactones) is 2. The monoisotopic (exact) mass is 187 g/mol. The SMILES string of the molecule is CC(N)C(=O)O.O=C1C=CC(=O)O1. The quantitative estimate of drug-likeness (QED) is 0.404. The molecule has 0 fully saturated rings. The largest absolute Gasteiger partial charge is 0.480 e. The molecule has 0 aromatic rings. The fraction of sp³-hybridized carbons (Fsp3) is 0.286. The van der Waals surface area contributed by atoms with E-state index in [-0.39, 0.29) is 0 Å². The van der Waals surface area contributed by atoms with Gasteiger partial charge in [0.15, 0.2) is 0 Å². The number of carbonyl (C=O) groups excluding carboxylic acids is 2. The van der Waals surface area contributed by atoms with Gasteiger partial charge < -0.3 is 15.6 Å². The Balaban J connectivity index is 0.000000226. The normalized spacial score (nSPS) is 15.8. The highest BCUT2D eigenvalue weighted by Gasteiger charge is 2.10. The number of carbonyl (C=O) groups is 3. The first kappa shape index (κ1) is 11.3. The van der Waals surface area contributed by atoms with Crippen molar-refractivity contribution in [1.82, 2.24) is 0 Å². The summed E-state index contributed by atoms with van der Waals surface area (Å²) in [5.41, 5.74) is 4.84. The topological polar surface area (TPSA) is 107 Å². The fourth-order valence-electron chi connectivity index (χ4n) is 0.303. The Bertz CT molecular complexity index is 240. The molecule has 0 aliphatic carbocycles. The molecule has 3 N–H and O–H groups in total. The predicted molar refractivity (Wildman–Crippen MR) is 41.5 cm³/mol. The molecule has 0 amide bonds. The molecule has 72 valence electrons. The lowest BCUT2D eigenvalue weighted by atomic mass is 10.4. The first-order chi connectivity index (χ1) is 5.93. The summed E-state index contributed by atoms with van der Waals surface area (Å²) >= 11 is 0. The van der Waals surface area contributed by atoms with Gasteiger partial charge in [0.25, 0.3) is 0 Å². The van der Waals surface area contributed by atoms with E-state index in [4.69, 9.17) is 10.8 Å². The predicted octanol–water partition coefficient (Wildman–Crippen LogP) is -0.956. The Morgan fingerprint density at radius 3 is 1.85 bits per heavy atom. The molecule has 0 bridgehead atoms. The summed E-state index contributed by atoms with van der Waals surface area (Å²) in [6.07, 6.45) is 2.17. The molecule has 0 aromatic heterocycles. The number of aliphatic carboxylic acids is 1. The van der Waals surface area contributed by atoms with Crippen molar-refractivity contribution in [3.8, 4) is 0 Å². The Hall–Kier alpha value is -1.69. The van der Waals surface area contributed by atoms with Crippen LogP contribution in [-0.4, -0.2) is 29.1 Å². The van der Waals surface area contributed by atoms with Crippen molar-refractivity contribution in [1.29, 1.82) is 0 Å². The molecule has 1 atom stereocenters. The van der Waals surface area contributed by atoms with Gasteiger partial charge in [-0.05, 0) is 6.92 Å². The van der Waals surface area contributed by atoms with E-state index in [2.05, 4.69) is 4.74 Å². The van der Waals surface area contributed by atoms with Crippen LogP contribution in [0.3, 0.4) is 0 Å². The second kappa shape index (κ2) is 5.04. The number of nitrogens with two attached hydrogens (primary N) is 1. The van der Waals surface area contributed by atoms with Gasteiger partial charge in [-0.2, -0.15) is 0 Å². The van der Waals surface area contributed by atoms with Crippen LogP contribution >= 0.6 is 0 Å². The number of hydrogen-bond donors (Lipinski definition) is 2. The summed E-state index contributed by atoms with van der Waals surface area (Å²) in [5.74, 6) is -2.12. The maximum Gasteiger partial charge on any atom is 0.338 e. The third-order valence-corrected chi connectivity index (χ3v) is 0.946. The summed E-state index contributed by atoms with van der Waals surface area (Å²) in [6.45, 7) is 1.42. The Morgan fingerprint density at radius 1 is 1.46 bits per heavy atom. The standard InChI is InChI=1S/C4H2O3.C3H7NO2/c5-3-1-2-4(6)7-3;1-2(4)3(5)6/h1-2H;2H,4H2,1H3,(H,5,6). The molecule has 6 heteroatoms. The van der Waals surface area contributed by atoms with Crippen molar-refractivity contribution in [3.63, 3.8) is 0 Å². The van der Waals surface area contributed by atoms with Crippen LogP contribution in [0.1, 0.15) is 6.92 Å². The third-order valence-electron chi connectivity index (χ3n) is 0.946. The highest BCUT2D eigenvalue weighted by atomic mass is 16.6. The molecule has 0 spiro atoms. The van der Waals surface area contributed by atoms with Crippen molar-refractivity contribution >= 4 is 17.9 Å². The van der Waals surface area contributed by atoms with E-state index in [9.17, 15) is 14.4 Å². The van der Waals surface area contributed by atoms with Gasteiger partial charge in [0.05, 0.1) is 0 Å². The first-order valence-electron chi connectivity index (χ1n) is 3.35.